The van der Waals surface area contributed by atoms with E-state index in [9.17, 15) is 4.79 Å². The van der Waals surface area contributed by atoms with Crippen LogP contribution in [0.4, 0.5) is 0 Å². The van der Waals surface area contributed by atoms with Crippen molar-refractivity contribution < 1.29 is 9.21 Å². The number of nitrogens with zero attached hydrogens (tertiary/aromatic N) is 1. The first kappa shape index (κ1) is 9.69. The van der Waals surface area contributed by atoms with Gasteiger partial charge in [-0.2, -0.15) is 0 Å². The number of hydrogen-bond acceptors (Lipinski definition) is 2. The lowest BCUT2D eigenvalue weighted by atomic mass is 10.3. The first-order valence-electron chi connectivity index (χ1n) is 3.58. The minimum Gasteiger partial charge on any atom is -0.452 e. The second kappa shape index (κ2) is 4.01. The maximum Gasteiger partial charge on any atom is 0.259 e. The quantitative estimate of drug-likeness (QED) is 0.676. The van der Waals surface area contributed by atoms with Crippen LogP contribution in [0.3, 0.4) is 0 Å². The molecule has 4 heteroatoms. The fraction of sp³-hybridized carbons (Fsp3) is 0.222. The number of rotatable bonds is 2. The Labute approximate surface area is 81.3 Å². The van der Waals surface area contributed by atoms with Crippen molar-refractivity contribution in [2.24, 2.45) is 0 Å². The van der Waals surface area contributed by atoms with E-state index in [0.29, 0.717) is 5.56 Å². The van der Waals surface area contributed by atoms with Crippen LogP contribution >= 0.6 is 11.6 Å². The average molecular weight is 198 g/mol. The molecule has 1 rings (SSSR count). The minimum absolute atomic E-state index is 0.0915. The van der Waals surface area contributed by atoms with Gasteiger partial charge in [0.15, 0.2) is 0 Å². The molecule has 3 nitrogen and oxygen atoms in total. The van der Waals surface area contributed by atoms with Crippen molar-refractivity contribution in [2.45, 2.75) is 0 Å². The molecule has 0 saturated heterocycles. The molecule has 68 valence electrons. The monoisotopic (exact) mass is 197 g/mol. The molecule has 0 saturated carbocycles. The van der Waals surface area contributed by atoms with Crippen molar-refractivity contribution in [3.8, 4) is 12.3 Å². The number of furan rings is 1. The SMILES string of the molecule is C#CCN(C)C(=O)c1ccoc1Cl. The first-order valence-corrected chi connectivity index (χ1v) is 3.96. The average Bonchev–Trinajstić information content (AvgIpc) is 2.50. The van der Waals surface area contributed by atoms with Gasteiger partial charge in [-0.05, 0) is 17.7 Å². The molecule has 0 bridgehead atoms. The molecule has 0 N–H and O–H groups in total. The summed E-state index contributed by atoms with van der Waals surface area (Å²) in [6.45, 7) is 0.250. The van der Waals surface area contributed by atoms with Crippen LogP contribution in [0.2, 0.25) is 5.22 Å². The predicted molar refractivity (Wildman–Crippen MR) is 49.5 cm³/mol. The van der Waals surface area contributed by atoms with Gasteiger partial charge in [0, 0.05) is 7.05 Å². The topological polar surface area (TPSA) is 33.5 Å². The van der Waals surface area contributed by atoms with Gasteiger partial charge in [0.2, 0.25) is 5.22 Å². The lowest BCUT2D eigenvalue weighted by Crippen LogP contribution is -2.26. The highest BCUT2D eigenvalue weighted by Crippen LogP contribution is 2.17. The van der Waals surface area contributed by atoms with E-state index < -0.39 is 0 Å². The molecule has 1 amide bonds. The zero-order chi connectivity index (χ0) is 9.84. The van der Waals surface area contributed by atoms with Crippen molar-refractivity contribution in [1.29, 1.82) is 0 Å². The van der Waals surface area contributed by atoms with Crippen molar-refractivity contribution in [1.82, 2.24) is 4.90 Å². The van der Waals surface area contributed by atoms with E-state index in [4.69, 9.17) is 22.4 Å². The summed E-state index contributed by atoms with van der Waals surface area (Å²) in [5.41, 5.74) is 0.333. The summed E-state index contributed by atoms with van der Waals surface area (Å²) in [5.74, 6) is 2.12. The van der Waals surface area contributed by atoms with E-state index in [2.05, 4.69) is 5.92 Å². The molecular formula is C9H8ClNO2. The molecule has 0 fully saturated rings. The molecule has 1 aromatic rings. The molecular weight excluding hydrogens is 190 g/mol. The number of carbonyl (C=O) groups excluding carboxylic acids is 1. The van der Waals surface area contributed by atoms with Gasteiger partial charge in [0.1, 0.15) is 0 Å². The second-order valence-electron chi connectivity index (χ2n) is 2.47. The van der Waals surface area contributed by atoms with Crippen LogP contribution in [-0.2, 0) is 0 Å². The van der Waals surface area contributed by atoms with Crippen LogP contribution < -0.4 is 0 Å². The maximum absolute atomic E-state index is 11.5. The van der Waals surface area contributed by atoms with E-state index in [1.807, 2.05) is 0 Å². The van der Waals surface area contributed by atoms with Crippen molar-refractivity contribution in [2.75, 3.05) is 13.6 Å². The normalized spacial score (nSPS) is 9.31. The van der Waals surface area contributed by atoms with Crippen molar-refractivity contribution >= 4 is 17.5 Å². The Kier molecular flexibility index (Phi) is 2.99. The van der Waals surface area contributed by atoms with Gasteiger partial charge >= 0.3 is 0 Å². The van der Waals surface area contributed by atoms with Gasteiger partial charge in [-0.15, -0.1) is 6.42 Å². The maximum atomic E-state index is 11.5. The van der Waals surface area contributed by atoms with Gasteiger partial charge < -0.3 is 9.32 Å². The Hall–Kier alpha value is -1.40. The zero-order valence-electron chi connectivity index (χ0n) is 7.08. The summed E-state index contributed by atoms with van der Waals surface area (Å²) in [7, 11) is 1.60. The van der Waals surface area contributed by atoms with Crippen LogP contribution in [0.15, 0.2) is 16.7 Å². The van der Waals surface area contributed by atoms with Gasteiger partial charge in [0.25, 0.3) is 5.91 Å². The fourth-order valence-corrected chi connectivity index (χ4v) is 1.06. The third-order valence-corrected chi connectivity index (χ3v) is 1.82. The molecule has 13 heavy (non-hydrogen) atoms. The summed E-state index contributed by atoms with van der Waals surface area (Å²) >= 11 is 5.61. The van der Waals surface area contributed by atoms with Crippen LogP contribution in [0, 0.1) is 12.3 Å². The Morgan fingerprint density at radius 2 is 2.54 bits per heavy atom. The highest BCUT2D eigenvalue weighted by Gasteiger charge is 2.16. The molecule has 0 aliphatic rings. The van der Waals surface area contributed by atoms with Gasteiger partial charge in [0.05, 0.1) is 18.4 Å². The molecule has 0 aromatic carbocycles. The number of terminal acetylenes is 1. The van der Waals surface area contributed by atoms with Gasteiger partial charge in [-0.1, -0.05) is 5.92 Å². The number of hydrogen-bond donors (Lipinski definition) is 0. The fourth-order valence-electron chi connectivity index (χ4n) is 0.861. The predicted octanol–water partition coefficient (Wildman–Crippen LogP) is 1.64. The minimum atomic E-state index is -0.239. The largest absolute Gasteiger partial charge is 0.452 e. The van der Waals surface area contributed by atoms with Crippen LogP contribution in [0.1, 0.15) is 10.4 Å². The zero-order valence-corrected chi connectivity index (χ0v) is 7.84. The van der Waals surface area contributed by atoms with Crippen molar-refractivity contribution in [3.05, 3.63) is 23.1 Å². The van der Waals surface area contributed by atoms with E-state index in [1.54, 1.807) is 7.05 Å². The Morgan fingerprint density at radius 3 is 3.00 bits per heavy atom. The highest BCUT2D eigenvalue weighted by molar-refractivity contribution is 6.32. The first-order chi connectivity index (χ1) is 6.16. The summed E-state index contributed by atoms with van der Waals surface area (Å²) in [4.78, 5) is 12.9. The number of amides is 1. The standard InChI is InChI=1S/C9H8ClNO2/c1-3-5-11(2)9(12)7-4-6-13-8(7)10/h1,4,6H,5H2,2H3. The van der Waals surface area contributed by atoms with E-state index >= 15 is 0 Å². The van der Waals surface area contributed by atoms with Crippen LogP contribution in [0.5, 0.6) is 0 Å². The summed E-state index contributed by atoms with van der Waals surface area (Å²) < 4.78 is 4.78. The van der Waals surface area contributed by atoms with E-state index in [1.165, 1.54) is 17.2 Å². The molecule has 0 unspecified atom stereocenters. The number of halogens is 1. The third kappa shape index (κ3) is 2.04. The lowest BCUT2D eigenvalue weighted by molar-refractivity contribution is 0.0812. The molecule has 1 aromatic heterocycles. The highest BCUT2D eigenvalue weighted by atomic mass is 35.5. The lowest BCUT2D eigenvalue weighted by Gasteiger charge is -2.11. The molecule has 0 radical (unpaired) electrons. The Balaban J connectivity index is 2.81. The van der Waals surface area contributed by atoms with Gasteiger partial charge in [-0.3, -0.25) is 4.79 Å². The van der Waals surface area contributed by atoms with E-state index in [-0.39, 0.29) is 17.7 Å². The summed E-state index contributed by atoms with van der Waals surface area (Å²) in [5, 5.41) is 0.0915. The molecule has 0 atom stereocenters. The Morgan fingerprint density at radius 1 is 1.85 bits per heavy atom. The van der Waals surface area contributed by atoms with Crippen molar-refractivity contribution in [3.63, 3.8) is 0 Å². The molecule has 0 aliphatic carbocycles. The van der Waals surface area contributed by atoms with Crippen LogP contribution in [-0.4, -0.2) is 24.4 Å². The van der Waals surface area contributed by atoms with Crippen LogP contribution in [0.25, 0.3) is 0 Å². The second-order valence-corrected chi connectivity index (χ2v) is 2.82. The van der Waals surface area contributed by atoms with Gasteiger partial charge in [-0.25, -0.2) is 0 Å². The number of carbonyl (C=O) groups is 1. The molecule has 0 aliphatic heterocycles. The molecule has 1 heterocycles. The summed E-state index contributed by atoms with van der Waals surface area (Å²) in [6.07, 6.45) is 6.42. The Bertz CT molecular complexity index is 351. The third-order valence-electron chi connectivity index (χ3n) is 1.52. The van der Waals surface area contributed by atoms with E-state index in [0.717, 1.165) is 0 Å². The molecule has 0 spiro atoms. The smallest absolute Gasteiger partial charge is 0.259 e. The summed E-state index contributed by atoms with van der Waals surface area (Å²) in [6, 6.07) is 1.51.